The molecule has 0 bridgehead atoms. The molecular formula is C15H25NO5S2. The summed E-state index contributed by atoms with van der Waals surface area (Å²) < 4.78 is 49.5. The quantitative estimate of drug-likeness (QED) is 0.638. The highest BCUT2D eigenvalue weighted by Crippen LogP contribution is 2.22. The summed E-state index contributed by atoms with van der Waals surface area (Å²) >= 11 is 0. The first-order valence-electron chi connectivity index (χ1n) is 7.18. The Balaban J connectivity index is 0.000000438. The molecule has 0 aromatic heterocycles. The SMILES string of the molecule is C=CCC(C#N)S(C)(=O)=O.C=CCC(C1CCCO1)S(C)(=O)=O. The Morgan fingerprint density at radius 2 is 1.74 bits per heavy atom. The molecular weight excluding hydrogens is 338 g/mol. The number of allylic oxidation sites excluding steroid dienone is 2. The van der Waals surface area contributed by atoms with E-state index in [1.807, 2.05) is 0 Å². The fourth-order valence-electron chi connectivity index (χ4n) is 2.14. The molecule has 6 nitrogen and oxygen atoms in total. The minimum absolute atomic E-state index is 0.118. The monoisotopic (exact) mass is 363 g/mol. The lowest BCUT2D eigenvalue weighted by Crippen LogP contribution is -2.32. The number of nitriles is 1. The van der Waals surface area contributed by atoms with Crippen LogP contribution in [0.5, 0.6) is 0 Å². The van der Waals surface area contributed by atoms with Crippen molar-refractivity contribution in [1.29, 1.82) is 5.26 Å². The van der Waals surface area contributed by atoms with Crippen molar-refractivity contribution in [3.05, 3.63) is 25.3 Å². The topological polar surface area (TPSA) is 101 Å². The first kappa shape index (κ1) is 21.8. The third-order valence-corrected chi connectivity index (χ3v) is 6.30. The van der Waals surface area contributed by atoms with Crippen molar-refractivity contribution >= 4 is 19.7 Å². The molecule has 3 atom stereocenters. The highest BCUT2D eigenvalue weighted by molar-refractivity contribution is 7.91. The van der Waals surface area contributed by atoms with Crippen LogP contribution in [0.15, 0.2) is 25.3 Å². The lowest BCUT2D eigenvalue weighted by molar-refractivity contribution is 0.107. The van der Waals surface area contributed by atoms with Gasteiger partial charge in [-0.1, -0.05) is 12.2 Å². The van der Waals surface area contributed by atoms with Crippen molar-refractivity contribution in [1.82, 2.24) is 0 Å². The van der Waals surface area contributed by atoms with Crippen molar-refractivity contribution in [2.24, 2.45) is 0 Å². The van der Waals surface area contributed by atoms with E-state index in [4.69, 9.17) is 10.00 Å². The Kier molecular flexibility index (Phi) is 9.35. The van der Waals surface area contributed by atoms with Gasteiger partial charge in [0, 0.05) is 19.1 Å². The zero-order valence-corrected chi connectivity index (χ0v) is 15.3. The van der Waals surface area contributed by atoms with Gasteiger partial charge in [0.25, 0.3) is 0 Å². The summed E-state index contributed by atoms with van der Waals surface area (Å²) in [5.74, 6) is 0. The summed E-state index contributed by atoms with van der Waals surface area (Å²) in [5, 5.41) is 6.99. The first-order chi connectivity index (χ1) is 10.6. The van der Waals surface area contributed by atoms with Crippen LogP contribution in [0, 0.1) is 11.3 Å². The van der Waals surface area contributed by atoms with Crippen LogP contribution in [0.2, 0.25) is 0 Å². The van der Waals surface area contributed by atoms with E-state index in [0.29, 0.717) is 13.0 Å². The van der Waals surface area contributed by atoms with E-state index in [9.17, 15) is 16.8 Å². The Bertz CT molecular complexity index is 625. The molecule has 0 amide bonds. The summed E-state index contributed by atoms with van der Waals surface area (Å²) in [7, 11) is -6.22. The highest BCUT2D eigenvalue weighted by atomic mass is 32.2. The van der Waals surface area contributed by atoms with Gasteiger partial charge < -0.3 is 4.74 Å². The fraction of sp³-hybridized carbons (Fsp3) is 0.667. The van der Waals surface area contributed by atoms with Crippen LogP contribution in [0.4, 0.5) is 0 Å². The second-order valence-corrected chi connectivity index (χ2v) is 9.91. The first-order valence-corrected chi connectivity index (χ1v) is 11.1. The molecule has 0 aromatic carbocycles. The van der Waals surface area contributed by atoms with Gasteiger partial charge >= 0.3 is 0 Å². The summed E-state index contributed by atoms with van der Waals surface area (Å²) in [6, 6.07) is 1.68. The summed E-state index contributed by atoms with van der Waals surface area (Å²) in [6.07, 6.45) is 7.78. The average Bonchev–Trinajstić information content (AvgIpc) is 2.93. The number of hydrogen-bond acceptors (Lipinski definition) is 6. The highest BCUT2D eigenvalue weighted by Gasteiger charge is 2.32. The van der Waals surface area contributed by atoms with Gasteiger partial charge in [-0.3, -0.25) is 0 Å². The molecule has 8 heteroatoms. The predicted octanol–water partition coefficient (Wildman–Crippen LogP) is 1.65. The van der Waals surface area contributed by atoms with E-state index >= 15 is 0 Å². The van der Waals surface area contributed by atoms with Crippen molar-refractivity contribution in [3.8, 4) is 6.07 Å². The summed E-state index contributed by atoms with van der Waals surface area (Å²) in [4.78, 5) is 0. The number of hydrogen-bond donors (Lipinski definition) is 0. The Hall–Kier alpha value is -1.17. The molecule has 1 rings (SSSR count). The lowest BCUT2D eigenvalue weighted by Gasteiger charge is -2.19. The van der Waals surface area contributed by atoms with Gasteiger partial charge in [0.15, 0.2) is 24.9 Å². The summed E-state index contributed by atoms with van der Waals surface area (Å²) in [6.45, 7) is 7.60. The predicted molar refractivity (Wildman–Crippen MR) is 91.5 cm³/mol. The molecule has 1 aliphatic heterocycles. The van der Waals surface area contributed by atoms with Crippen LogP contribution in [-0.2, 0) is 24.4 Å². The molecule has 3 unspecified atom stereocenters. The average molecular weight is 364 g/mol. The van der Waals surface area contributed by atoms with Crippen LogP contribution < -0.4 is 0 Å². The molecule has 1 fully saturated rings. The smallest absolute Gasteiger partial charge is 0.163 e. The maximum absolute atomic E-state index is 11.4. The molecule has 0 aliphatic carbocycles. The molecule has 0 spiro atoms. The van der Waals surface area contributed by atoms with E-state index in [-0.39, 0.29) is 12.5 Å². The van der Waals surface area contributed by atoms with Crippen LogP contribution in [0.3, 0.4) is 0 Å². The number of nitrogens with zero attached hydrogens (tertiary/aromatic N) is 1. The molecule has 1 saturated heterocycles. The Labute approximate surface area is 139 Å². The van der Waals surface area contributed by atoms with Crippen LogP contribution >= 0.6 is 0 Å². The van der Waals surface area contributed by atoms with Gasteiger partial charge in [0.2, 0.25) is 0 Å². The van der Waals surface area contributed by atoms with Gasteiger partial charge in [-0.25, -0.2) is 16.8 Å². The lowest BCUT2D eigenvalue weighted by atomic mass is 10.1. The van der Waals surface area contributed by atoms with Gasteiger partial charge in [-0.2, -0.15) is 5.26 Å². The maximum Gasteiger partial charge on any atom is 0.163 e. The number of rotatable bonds is 7. The third kappa shape index (κ3) is 8.30. The van der Waals surface area contributed by atoms with E-state index < -0.39 is 30.2 Å². The number of sulfone groups is 2. The number of ether oxygens (including phenoxy) is 1. The second kappa shape index (κ2) is 9.85. The van der Waals surface area contributed by atoms with Gasteiger partial charge in [-0.05, 0) is 25.7 Å². The van der Waals surface area contributed by atoms with Crippen molar-refractivity contribution in [3.63, 3.8) is 0 Å². The van der Waals surface area contributed by atoms with Gasteiger partial charge in [0.1, 0.15) is 0 Å². The van der Waals surface area contributed by atoms with Crippen LogP contribution in [0.1, 0.15) is 25.7 Å². The van der Waals surface area contributed by atoms with Crippen LogP contribution in [0.25, 0.3) is 0 Å². The zero-order valence-electron chi connectivity index (χ0n) is 13.6. The van der Waals surface area contributed by atoms with Crippen molar-refractivity contribution < 1.29 is 21.6 Å². The molecule has 23 heavy (non-hydrogen) atoms. The zero-order chi connectivity index (χ0) is 18.1. The van der Waals surface area contributed by atoms with Crippen LogP contribution in [-0.4, -0.2) is 52.6 Å². The molecule has 132 valence electrons. The second-order valence-electron chi connectivity index (χ2n) is 5.42. The summed E-state index contributed by atoms with van der Waals surface area (Å²) in [5.41, 5.74) is 0. The molecule has 0 radical (unpaired) electrons. The molecule has 1 aliphatic rings. The van der Waals surface area contributed by atoms with E-state index in [2.05, 4.69) is 13.2 Å². The Morgan fingerprint density at radius 3 is 2.00 bits per heavy atom. The minimum Gasteiger partial charge on any atom is -0.377 e. The fourth-order valence-corrected chi connectivity index (χ4v) is 4.07. The van der Waals surface area contributed by atoms with E-state index in [0.717, 1.165) is 19.1 Å². The minimum atomic E-state index is -3.21. The standard InChI is InChI=1S/C9H16O3S.C6H9NO2S/c1-3-5-9(13(2,10)11)8-6-4-7-12-8;1-3-4-6(5-7)10(2,8)9/h3,8-9H,1,4-7H2,2H3;3,6H,1,4H2,2H3. The molecule has 0 N–H and O–H groups in total. The van der Waals surface area contributed by atoms with E-state index in [1.54, 1.807) is 12.1 Å². The van der Waals surface area contributed by atoms with Gasteiger partial charge in [-0.15, -0.1) is 13.2 Å². The Morgan fingerprint density at radius 1 is 1.17 bits per heavy atom. The van der Waals surface area contributed by atoms with Crippen molar-refractivity contribution in [2.45, 2.75) is 42.3 Å². The molecule has 0 aromatic rings. The van der Waals surface area contributed by atoms with Gasteiger partial charge in [0.05, 0.1) is 17.4 Å². The third-order valence-electron chi connectivity index (χ3n) is 3.37. The largest absolute Gasteiger partial charge is 0.377 e. The molecule has 0 saturated carbocycles. The maximum atomic E-state index is 11.4. The van der Waals surface area contributed by atoms with Crippen molar-refractivity contribution in [2.75, 3.05) is 19.1 Å². The van der Waals surface area contributed by atoms with E-state index in [1.165, 1.54) is 12.3 Å². The normalized spacial score (nSPS) is 20.5. The molecule has 1 heterocycles.